The van der Waals surface area contributed by atoms with Crippen LogP contribution in [0.3, 0.4) is 0 Å². The topological polar surface area (TPSA) is 64.7 Å². The van der Waals surface area contributed by atoms with E-state index >= 15 is 0 Å². The highest BCUT2D eigenvalue weighted by Gasteiger charge is 2.16. The van der Waals surface area contributed by atoms with Crippen molar-refractivity contribution in [3.8, 4) is 34.1 Å². The molecule has 3 aromatic heterocycles. The van der Waals surface area contributed by atoms with E-state index in [-0.39, 0.29) is 11.5 Å². The van der Waals surface area contributed by atoms with Crippen LogP contribution in [-0.4, -0.2) is 20.1 Å². The molecule has 5 nitrogen and oxygen atoms in total. The SMILES string of the molecule is Fc1ccc(-c2ccncc2)cc1-c1nc(-c2ccccn2)no1. The number of halogens is 1. The summed E-state index contributed by atoms with van der Waals surface area (Å²) in [4.78, 5) is 12.4. The molecule has 1 aromatic carbocycles. The molecule has 0 saturated carbocycles. The van der Waals surface area contributed by atoms with Gasteiger partial charge in [0.25, 0.3) is 5.89 Å². The maximum atomic E-state index is 14.2. The summed E-state index contributed by atoms with van der Waals surface area (Å²) in [5.41, 5.74) is 2.58. The quantitative estimate of drug-likeness (QED) is 0.571. The Labute approximate surface area is 136 Å². The zero-order chi connectivity index (χ0) is 16.4. The summed E-state index contributed by atoms with van der Waals surface area (Å²) in [7, 11) is 0. The molecule has 0 aliphatic heterocycles. The summed E-state index contributed by atoms with van der Waals surface area (Å²) in [5, 5.41) is 3.88. The zero-order valence-electron chi connectivity index (χ0n) is 12.4. The summed E-state index contributed by atoms with van der Waals surface area (Å²) >= 11 is 0. The Hall–Kier alpha value is -3.41. The highest BCUT2D eigenvalue weighted by molar-refractivity contribution is 5.70. The lowest BCUT2D eigenvalue weighted by Gasteiger charge is -2.03. The predicted octanol–water partition coefficient (Wildman–Crippen LogP) is 4.00. The van der Waals surface area contributed by atoms with Crippen molar-refractivity contribution >= 4 is 0 Å². The molecule has 0 radical (unpaired) electrons. The van der Waals surface area contributed by atoms with Crippen molar-refractivity contribution in [2.24, 2.45) is 0 Å². The lowest BCUT2D eigenvalue weighted by Crippen LogP contribution is -1.88. The van der Waals surface area contributed by atoms with Gasteiger partial charge in [-0.25, -0.2) is 4.39 Å². The monoisotopic (exact) mass is 318 g/mol. The summed E-state index contributed by atoms with van der Waals surface area (Å²) in [5.74, 6) is 0.00685. The third-order valence-electron chi connectivity index (χ3n) is 3.53. The van der Waals surface area contributed by atoms with Gasteiger partial charge in [0.05, 0.1) is 5.56 Å². The van der Waals surface area contributed by atoms with Crippen LogP contribution in [0.2, 0.25) is 0 Å². The van der Waals surface area contributed by atoms with Crippen LogP contribution in [0.4, 0.5) is 4.39 Å². The Morgan fingerprint density at radius 3 is 2.54 bits per heavy atom. The van der Waals surface area contributed by atoms with Crippen molar-refractivity contribution in [2.75, 3.05) is 0 Å². The van der Waals surface area contributed by atoms with Gasteiger partial charge in [-0.1, -0.05) is 17.3 Å². The van der Waals surface area contributed by atoms with Crippen LogP contribution in [0.1, 0.15) is 0 Å². The van der Waals surface area contributed by atoms with Crippen LogP contribution in [0.25, 0.3) is 34.1 Å². The zero-order valence-corrected chi connectivity index (χ0v) is 12.4. The van der Waals surface area contributed by atoms with E-state index in [2.05, 4.69) is 20.1 Å². The normalized spacial score (nSPS) is 10.7. The minimum Gasteiger partial charge on any atom is -0.333 e. The van der Waals surface area contributed by atoms with Gasteiger partial charge in [0.2, 0.25) is 5.82 Å². The van der Waals surface area contributed by atoms with Crippen molar-refractivity contribution in [1.82, 2.24) is 20.1 Å². The van der Waals surface area contributed by atoms with Gasteiger partial charge >= 0.3 is 0 Å². The molecule has 0 amide bonds. The molecule has 4 aromatic rings. The number of rotatable bonds is 3. The first-order valence-electron chi connectivity index (χ1n) is 7.27. The molecule has 4 rings (SSSR count). The second kappa shape index (κ2) is 6.00. The van der Waals surface area contributed by atoms with Crippen LogP contribution in [0.15, 0.2) is 71.6 Å². The van der Waals surface area contributed by atoms with Crippen LogP contribution < -0.4 is 0 Å². The Kier molecular flexibility index (Phi) is 3.55. The second-order valence-corrected chi connectivity index (χ2v) is 5.07. The number of nitrogens with zero attached hydrogens (tertiary/aromatic N) is 4. The van der Waals surface area contributed by atoms with Crippen LogP contribution >= 0.6 is 0 Å². The van der Waals surface area contributed by atoms with Crippen molar-refractivity contribution in [1.29, 1.82) is 0 Å². The molecular weight excluding hydrogens is 307 g/mol. The van der Waals surface area contributed by atoms with Gasteiger partial charge in [-0.2, -0.15) is 4.98 Å². The highest BCUT2D eigenvalue weighted by Crippen LogP contribution is 2.28. The number of pyridine rings is 2. The minimum absolute atomic E-state index is 0.115. The van der Waals surface area contributed by atoms with Crippen LogP contribution in [0, 0.1) is 5.82 Å². The Bertz CT molecular complexity index is 971. The molecule has 0 bridgehead atoms. The fraction of sp³-hybridized carbons (Fsp3) is 0. The molecule has 0 unspecified atom stereocenters. The molecule has 0 atom stereocenters. The van der Waals surface area contributed by atoms with Gasteiger partial charge in [-0.3, -0.25) is 9.97 Å². The third-order valence-corrected chi connectivity index (χ3v) is 3.53. The van der Waals surface area contributed by atoms with E-state index in [4.69, 9.17) is 4.52 Å². The first kappa shape index (κ1) is 14.2. The molecule has 24 heavy (non-hydrogen) atoms. The van der Waals surface area contributed by atoms with E-state index in [0.29, 0.717) is 11.5 Å². The van der Waals surface area contributed by atoms with Crippen LogP contribution in [-0.2, 0) is 0 Å². The van der Waals surface area contributed by atoms with Crippen LogP contribution in [0.5, 0.6) is 0 Å². The van der Waals surface area contributed by atoms with Gasteiger partial charge in [-0.05, 0) is 47.5 Å². The lowest BCUT2D eigenvalue weighted by molar-refractivity contribution is 0.429. The van der Waals surface area contributed by atoms with Gasteiger partial charge in [0.1, 0.15) is 11.5 Å². The molecule has 6 heteroatoms. The standard InChI is InChI=1S/C18H11FN4O/c19-15-5-4-13(12-6-9-20-10-7-12)11-14(15)18-22-17(23-24-18)16-3-1-2-8-21-16/h1-11H. The molecule has 3 heterocycles. The van der Waals surface area contributed by atoms with Crippen molar-refractivity contribution in [3.05, 3.63) is 72.9 Å². The first-order chi connectivity index (χ1) is 11.8. The molecule has 0 aliphatic rings. The van der Waals surface area contributed by atoms with E-state index in [1.807, 2.05) is 18.2 Å². The maximum Gasteiger partial charge on any atom is 0.261 e. The fourth-order valence-corrected chi connectivity index (χ4v) is 2.35. The number of aromatic nitrogens is 4. The minimum atomic E-state index is -0.427. The average molecular weight is 318 g/mol. The molecule has 116 valence electrons. The molecule has 0 fully saturated rings. The number of hydrogen-bond acceptors (Lipinski definition) is 5. The van der Waals surface area contributed by atoms with E-state index in [1.165, 1.54) is 6.07 Å². The molecule has 0 N–H and O–H groups in total. The third kappa shape index (κ3) is 2.65. The predicted molar refractivity (Wildman–Crippen MR) is 86.2 cm³/mol. The summed E-state index contributed by atoms with van der Waals surface area (Å²) in [6.45, 7) is 0. The number of benzene rings is 1. The smallest absolute Gasteiger partial charge is 0.261 e. The number of hydrogen-bond donors (Lipinski definition) is 0. The summed E-state index contributed by atoms with van der Waals surface area (Å²) < 4.78 is 19.5. The van der Waals surface area contributed by atoms with Gasteiger partial charge in [0.15, 0.2) is 0 Å². The Morgan fingerprint density at radius 1 is 0.875 bits per heavy atom. The van der Waals surface area contributed by atoms with E-state index in [9.17, 15) is 4.39 Å². The molecule has 0 saturated heterocycles. The average Bonchev–Trinajstić information content (AvgIpc) is 3.13. The Balaban J connectivity index is 1.76. The van der Waals surface area contributed by atoms with E-state index in [0.717, 1.165) is 11.1 Å². The van der Waals surface area contributed by atoms with Gasteiger partial charge in [-0.15, -0.1) is 0 Å². The highest BCUT2D eigenvalue weighted by atomic mass is 19.1. The van der Waals surface area contributed by atoms with Crippen molar-refractivity contribution in [2.45, 2.75) is 0 Å². The largest absolute Gasteiger partial charge is 0.333 e. The first-order valence-corrected chi connectivity index (χ1v) is 7.27. The summed E-state index contributed by atoms with van der Waals surface area (Å²) in [6.07, 6.45) is 5.00. The van der Waals surface area contributed by atoms with E-state index < -0.39 is 5.82 Å². The summed E-state index contributed by atoms with van der Waals surface area (Å²) in [6, 6.07) is 13.8. The molecular formula is C18H11FN4O. The van der Waals surface area contributed by atoms with Gasteiger partial charge < -0.3 is 4.52 Å². The molecule has 0 spiro atoms. The lowest BCUT2D eigenvalue weighted by atomic mass is 10.0. The molecule has 0 aliphatic carbocycles. The maximum absolute atomic E-state index is 14.2. The van der Waals surface area contributed by atoms with E-state index in [1.54, 1.807) is 42.9 Å². The van der Waals surface area contributed by atoms with Crippen molar-refractivity contribution in [3.63, 3.8) is 0 Å². The second-order valence-electron chi connectivity index (χ2n) is 5.07. The Morgan fingerprint density at radius 2 is 1.75 bits per heavy atom. The fourth-order valence-electron chi connectivity index (χ4n) is 2.35. The van der Waals surface area contributed by atoms with Gasteiger partial charge in [0, 0.05) is 18.6 Å². The van der Waals surface area contributed by atoms with Crippen molar-refractivity contribution < 1.29 is 8.91 Å².